The zero-order chi connectivity index (χ0) is 16.7. The number of benzene rings is 4. The third-order valence-electron chi connectivity index (χ3n) is 5.11. The van der Waals surface area contributed by atoms with Gasteiger partial charge >= 0.3 is 0 Å². The maximum atomic E-state index is 2.26. The van der Waals surface area contributed by atoms with Crippen LogP contribution in [0.15, 0.2) is 109 Å². The molecule has 1 aliphatic heterocycles. The molecule has 0 atom stereocenters. The fourth-order valence-electron chi connectivity index (χ4n) is 4.13. The Morgan fingerprint density at radius 3 is 1.15 bits per heavy atom. The van der Waals surface area contributed by atoms with Crippen molar-refractivity contribution in [1.29, 1.82) is 0 Å². The Bertz CT molecular complexity index is 955. The maximum absolute atomic E-state index is 2.26. The van der Waals surface area contributed by atoms with Gasteiger partial charge in [0.15, 0.2) is 11.4 Å². The molecule has 0 fully saturated rings. The zero-order valence-electron chi connectivity index (χ0n) is 14.2. The molecule has 0 bridgehead atoms. The van der Waals surface area contributed by atoms with Crippen LogP contribution in [0.25, 0.3) is 11.1 Å². The molecule has 4 aromatic carbocycles. The smallest absolute Gasteiger partial charge is 0.156 e. The third-order valence-corrected chi connectivity index (χ3v) is 5.11. The Labute approximate surface area is 171 Å². The predicted octanol–water partition coefficient (Wildman–Crippen LogP) is 3.97. The Kier molecular flexibility index (Phi) is 4.39. The van der Waals surface area contributed by atoms with Crippen LogP contribution >= 0.6 is 0 Å². The molecular weight excluding hydrogens is 429 g/mol. The fourth-order valence-corrected chi connectivity index (χ4v) is 4.13. The van der Waals surface area contributed by atoms with Gasteiger partial charge in [-0.15, -0.1) is 0 Å². The first kappa shape index (κ1) is 17.0. The highest BCUT2D eigenvalue weighted by Crippen LogP contribution is 2.61. The zero-order valence-corrected chi connectivity index (χ0v) is 16.4. The summed E-state index contributed by atoms with van der Waals surface area (Å²) >= 11 is 0. The van der Waals surface area contributed by atoms with Crippen molar-refractivity contribution in [3.63, 3.8) is 0 Å². The second-order valence-electron chi connectivity index (χ2n) is 6.38. The second kappa shape index (κ2) is 6.71. The van der Waals surface area contributed by atoms with Gasteiger partial charge in [0.1, 0.15) is 11.4 Å². The predicted molar refractivity (Wildman–Crippen MR) is 106 cm³/mol. The minimum absolute atomic E-state index is 0. The standard InChI is InChI=1S/C24H18N.HI/c1-3-11-19(12-4-1)25(20-13-5-2-6-14-20)23-17-9-7-15-21(23)22-16-8-10-18-24(22)25;/h1-18H;1H/q+1;/p-1. The van der Waals surface area contributed by atoms with E-state index in [4.69, 9.17) is 0 Å². The van der Waals surface area contributed by atoms with E-state index in [1.165, 1.54) is 33.9 Å². The first-order chi connectivity index (χ1) is 12.4. The Morgan fingerprint density at radius 2 is 0.731 bits per heavy atom. The lowest BCUT2D eigenvalue weighted by molar-refractivity contribution is -0.00000471. The van der Waals surface area contributed by atoms with Gasteiger partial charge in [-0.05, 0) is 12.1 Å². The number of para-hydroxylation sites is 4. The van der Waals surface area contributed by atoms with Crippen LogP contribution in [0.5, 0.6) is 0 Å². The van der Waals surface area contributed by atoms with Crippen LogP contribution in [0.3, 0.4) is 0 Å². The summed E-state index contributed by atoms with van der Waals surface area (Å²) in [7, 11) is 0. The molecule has 1 nitrogen and oxygen atoms in total. The molecule has 0 radical (unpaired) electrons. The number of rotatable bonds is 2. The molecule has 26 heavy (non-hydrogen) atoms. The van der Waals surface area contributed by atoms with Gasteiger partial charge in [-0.1, -0.05) is 60.7 Å². The lowest BCUT2D eigenvalue weighted by Crippen LogP contribution is -3.00. The van der Waals surface area contributed by atoms with Crippen LogP contribution in [0.1, 0.15) is 0 Å². The SMILES string of the molecule is [I-].c1ccc([N+]2(c3ccccc3)c3ccccc3-c3ccccc32)cc1. The number of quaternary nitrogens is 1. The highest BCUT2D eigenvalue weighted by Gasteiger charge is 2.47. The van der Waals surface area contributed by atoms with Gasteiger partial charge in [-0.25, -0.2) is 0 Å². The van der Waals surface area contributed by atoms with E-state index in [-0.39, 0.29) is 24.0 Å². The molecule has 0 aromatic heterocycles. The van der Waals surface area contributed by atoms with E-state index in [0.29, 0.717) is 4.48 Å². The summed E-state index contributed by atoms with van der Waals surface area (Å²) in [6.07, 6.45) is 0. The lowest BCUT2D eigenvalue weighted by Gasteiger charge is -2.34. The Hall–Kier alpha value is -2.43. The minimum Gasteiger partial charge on any atom is -1.00 e. The number of nitrogens with zero attached hydrogens (tertiary/aromatic N) is 1. The summed E-state index contributed by atoms with van der Waals surface area (Å²) in [5, 5.41) is 0. The van der Waals surface area contributed by atoms with Crippen molar-refractivity contribution < 1.29 is 24.0 Å². The van der Waals surface area contributed by atoms with Crippen LogP contribution in [0.4, 0.5) is 22.7 Å². The molecule has 5 rings (SSSR count). The highest BCUT2D eigenvalue weighted by atomic mass is 127. The van der Waals surface area contributed by atoms with E-state index in [1.807, 2.05) is 0 Å². The molecule has 4 aromatic rings. The molecule has 0 aliphatic carbocycles. The fraction of sp³-hybridized carbons (Fsp3) is 0. The van der Waals surface area contributed by atoms with E-state index in [0.717, 1.165) is 0 Å². The van der Waals surface area contributed by atoms with Gasteiger partial charge in [-0.3, -0.25) is 0 Å². The van der Waals surface area contributed by atoms with Gasteiger partial charge < -0.3 is 24.0 Å². The molecule has 0 amide bonds. The second-order valence-corrected chi connectivity index (χ2v) is 6.38. The van der Waals surface area contributed by atoms with Crippen molar-refractivity contribution in [2.24, 2.45) is 0 Å². The van der Waals surface area contributed by atoms with Crippen molar-refractivity contribution in [3.05, 3.63) is 109 Å². The number of halogens is 1. The minimum atomic E-state index is 0. The largest absolute Gasteiger partial charge is 1.00 e. The average molecular weight is 447 g/mol. The molecule has 1 heterocycles. The molecule has 0 saturated carbocycles. The van der Waals surface area contributed by atoms with Gasteiger partial charge in [0.2, 0.25) is 0 Å². The molecule has 0 N–H and O–H groups in total. The van der Waals surface area contributed by atoms with E-state index in [2.05, 4.69) is 109 Å². The summed E-state index contributed by atoms with van der Waals surface area (Å²) < 4.78 is 0.633. The summed E-state index contributed by atoms with van der Waals surface area (Å²) in [5.41, 5.74) is 7.75. The summed E-state index contributed by atoms with van der Waals surface area (Å²) in [6.45, 7) is 0. The number of hydrogen-bond donors (Lipinski definition) is 0. The van der Waals surface area contributed by atoms with E-state index < -0.39 is 0 Å². The van der Waals surface area contributed by atoms with E-state index in [9.17, 15) is 0 Å². The van der Waals surface area contributed by atoms with E-state index >= 15 is 0 Å². The first-order valence-corrected chi connectivity index (χ1v) is 8.62. The van der Waals surface area contributed by atoms with Crippen LogP contribution < -0.4 is 28.5 Å². The average Bonchev–Trinajstić information content (AvgIpc) is 3.01. The monoisotopic (exact) mass is 447 g/mol. The molecule has 0 spiro atoms. The summed E-state index contributed by atoms with van der Waals surface area (Å²) in [6, 6.07) is 39.1. The molecular formula is C24H18IN. The molecule has 126 valence electrons. The van der Waals surface area contributed by atoms with Crippen LogP contribution in [0, 0.1) is 0 Å². The van der Waals surface area contributed by atoms with Crippen molar-refractivity contribution in [2.75, 3.05) is 0 Å². The van der Waals surface area contributed by atoms with Crippen molar-refractivity contribution in [2.45, 2.75) is 0 Å². The van der Waals surface area contributed by atoms with Gasteiger partial charge in [0.05, 0.1) is 11.1 Å². The molecule has 2 heteroatoms. The normalized spacial score (nSPS) is 13.4. The van der Waals surface area contributed by atoms with Crippen LogP contribution in [-0.2, 0) is 0 Å². The number of fused-ring (bicyclic) bond motifs is 3. The van der Waals surface area contributed by atoms with Crippen molar-refractivity contribution >= 4 is 22.7 Å². The topological polar surface area (TPSA) is 0 Å². The van der Waals surface area contributed by atoms with Gasteiger partial charge in [0.25, 0.3) is 0 Å². The lowest BCUT2D eigenvalue weighted by atomic mass is 10.1. The van der Waals surface area contributed by atoms with E-state index in [1.54, 1.807) is 0 Å². The highest BCUT2D eigenvalue weighted by molar-refractivity contribution is 6.02. The van der Waals surface area contributed by atoms with Crippen LogP contribution in [-0.4, -0.2) is 0 Å². The van der Waals surface area contributed by atoms with Crippen molar-refractivity contribution in [3.8, 4) is 11.1 Å². The number of hydrogen-bond acceptors (Lipinski definition) is 0. The quantitative estimate of drug-likeness (QED) is 0.284. The van der Waals surface area contributed by atoms with Gasteiger partial charge in [-0.2, -0.15) is 4.48 Å². The summed E-state index contributed by atoms with van der Waals surface area (Å²) in [5.74, 6) is 0. The Morgan fingerprint density at radius 1 is 0.385 bits per heavy atom. The summed E-state index contributed by atoms with van der Waals surface area (Å²) in [4.78, 5) is 0. The third kappa shape index (κ3) is 2.26. The Balaban J connectivity index is 0.00000168. The molecule has 0 saturated heterocycles. The molecule has 1 aliphatic rings. The van der Waals surface area contributed by atoms with Gasteiger partial charge in [0, 0.05) is 36.4 Å². The van der Waals surface area contributed by atoms with Crippen molar-refractivity contribution in [1.82, 2.24) is 4.48 Å². The first-order valence-electron chi connectivity index (χ1n) is 8.62. The van der Waals surface area contributed by atoms with Crippen LogP contribution in [0.2, 0.25) is 0 Å². The maximum Gasteiger partial charge on any atom is 0.156 e. The molecule has 0 unspecified atom stereocenters.